The maximum Gasteiger partial charge on any atom is 0.271 e. The molecule has 0 aliphatic rings. The normalized spacial score (nSPS) is 12.2. The van der Waals surface area contributed by atoms with Crippen molar-refractivity contribution in [1.29, 1.82) is 0 Å². The second-order valence-corrected chi connectivity index (χ2v) is 4.18. The van der Waals surface area contributed by atoms with Crippen LogP contribution in [-0.2, 0) is 4.79 Å². The molecule has 1 aromatic rings. The van der Waals surface area contributed by atoms with Gasteiger partial charge in [0.15, 0.2) is 0 Å². The quantitative estimate of drug-likeness (QED) is 0.588. The van der Waals surface area contributed by atoms with Gasteiger partial charge in [0.1, 0.15) is 0 Å². The van der Waals surface area contributed by atoms with Crippen LogP contribution in [0.5, 0.6) is 0 Å². The highest BCUT2D eigenvalue weighted by atomic mass is 16.6. The molecule has 0 fully saturated rings. The zero-order valence-corrected chi connectivity index (χ0v) is 10.9. The summed E-state index contributed by atoms with van der Waals surface area (Å²) >= 11 is 0. The number of non-ortho nitro benzene ring substituents is 1. The third-order valence-corrected chi connectivity index (χ3v) is 2.82. The lowest BCUT2D eigenvalue weighted by Crippen LogP contribution is -2.40. The van der Waals surface area contributed by atoms with Gasteiger partial charge in [0.05, 0.1) is 17.6 Å². The highest BCUT2D eigenvalue weighted by Gasteiger charge is 2.18. The molecule has 7 heteroatoms. The molecule has 0 spiro atoms. The van der Waals surface area contributed by atoms with Gasteiger partial charge in [-0.1, -0.05) is 6.07 Å². The number of nitro benzene ring substituents is 1. The van der Waals surface area contributed by atoms with E-state index in [0.29, 0.717) is 12.2 Å². The fourth-order valence-corrected chi connectivity index (χ4v) is 1.50. The monoisotopic (exact) mass is 267 g/mol. The summed E-state index contributed by atoms with van der Waals surface area (Å²) in [7, 11) is 1.72. The number of nitrogens with zero attached hydrogens (tertiary/aromatic N) is 2. The lowest BCUT2D eigenvalue weighted by Gasteiger charge is -2.22. The summed E-state index contributed by atoms with van der Waals surface area (Å²) in [5, 5.41) is 22.0. The van der Waals surface area contributed by atoms with E-state index in [0.717, 1.165) is 0 Å². The number of aliphatic hydroxyl groups is 1. The van der Waals surface area contributed by atoms with Gasteiger partial charge in [0.25, 0.3) is 5.69 Å². The third-order valence-electron chi connectivity index (χ3n) is 2.82. The summed E-state index contributed by atoms with van der Waals surface area (Å²) in [5.74, 6) is -0.281. The van der Waals surface area contributed by atoms with Crippen molar-refractivity contribution in [2.24, 2.45) is 0 Å². The number of hydrogen-bond acceptors (Lipinski definition) is 5. The van der Waals surface area contributed by atoms with Crippen LogP contribution >= 0.6 is 0 Å². The number of nitrogens with one attached hydrogen (secondary N) is 1. The molecule has 0 saturated carbocycles. The van der Waals surface area contributed by atoms with Gasteiger partial charge in [-0.05, 0) is 20.0 Å². The minimum Gasteiger partial charge on any atom is -0.395 e. The number of hydrogen-bond donors (Lipinski definition) is 2. The first-order valence-corrected chi connectivity index (χ1v) is 5.82. The van der Waals surface area contributed by atoms with Crippen molar-refractivity contribution in [2.75, 3.05) is 25.5 Å². The van der Waals surface area contributed by atoms with E-state index in [1.807, 2.05) is 0 Å². The molecule has 104 valence electrons. The second kappa shape index (κ2) is 6.81. The minimum atomic E-state index is -0.517. The number of benzene rings is 1. The van der Waals surface area contributed by atoms with E-state index in [1.165, 1.54) is 18.2 Å². The van der Waals surface area contributed by atoms with Crippen LogP contribution in [0.3, 0.4) is 0 Å². The highest BCUT2D eigenvalue weighted by molar-refractivity contribution is 5.94. The van der Waals surface area contributed by atoms with Crippen LogP contribution < -0.4 is 5.32 Å². The van der Waals surface area contributed by atoms with E-state index in [1.54, 1.807) is 24.9 Å². The van der Waals surface area contributed by atoms with Crippen LogP contribution in [-0.4, -0.2) is 47.1 Å². The number of carbonyl (C=O) groups is 1. The third kappa shape index (κ3) is 4.31. The molecule has 1 rings (SSSR count). The molecule has 0 saturated heterocycles. The maximum absolute atomic E-state index is 11.9. The molecule has 0 bridgehead atoms. The molecular weight excluding hydrogens is 250 g/mol. The molecule has 1 unspecified atom stereocenters. The summed E-state index contributed by atoms with van der Waals surface area (Å²) in [4.78, 5) is 23.7. The Kier molecular flexibility index (Phi) is 5.40. The highest BCUT2D eigenvalue weighted by Crippen LogP contribution is 2.17. The molecular formula is C12H17N3O4. The summed E-state index contributed by atoms with van der Waals surface area (Å²) in [5.41, 5.74) is 0.303. The Morgan fingerprint density at radius 3 is 2.84 bits per heavy atom. The Hall–Kier alpha value is -1.99. The molecule has 1 atom stereocenters. The van der Waals surface area contributed by atoms with Gasteiger partial charge in [0.2, 0.25) is 5.91 Å². The van der Waals surface area contributed by atoms with E-state index in [9.17, 15) is 14.9 Å². The van der Waals surface area contributed by atoms with Crippen molar-refractivity contribution in [3.63, 3.8) is 0 Å². The Balaban J connectivity index is 2.71. The number of anilines is 1. The number of carbonyl (C=O) groups excluding carboxylic acids is 1. The van der Waals surface area contributed by atoms with Crippen LogP contribution in [0.2, 0.25) is 0 Å². The molecule has 19 heavy (non-hydrogen) atoms. The van der Waals surface area contributed by atoms with E-state index < -0.39 is 11.0 Å². The van der Waals surface area contributed by atoms with Gasteiger partial charge in [-0.25, -0.2) is 0 Å². The molecule has 0 aliphatic carbocycles. The molecule has 0 aliphatic heterocycles. The SMILES string of the molecule is CC(C(=O)Nc1cccc([N+](=O)[O-])c1)N(C)CCO. The fourth-order valence-electron chi connectivity index (χ4n) is 1.50. The Labute approximate surface area is 111 Å². The Morgan fingerprint density at radius 2 is 2.26 bits per heavy atom. The zero-order chi connectivity index (χ0) is 14.4. The van der Waals surface area contributed by atoms with Crippen LogP contribution in [0.25, 0.3) is 0 Å². The average Bonchev–Trinajstić information content (AvgIpc) is 2.38. The molecule has 0 heterocycles. The van der Waals surface area contributed by atoms with Crippen molar-refractivity contribution in [3.05, 3.63) is 34.4 Å². The number of aliphatic hydroxyl groups excluding tert-OH is 1. The first kappa shape index (κ1) is 15.1. The van der Waals surface area contributed by atoms with Crippen molar-refractivity contribution < 1.29 is 14.8 Å². The lowest BCUT2D eigenvalue weighted by atomic mass is 10.2. The molecule has 0 aromatic heterocycles. The summed E-state index contributed by atoms with van der Waals surface area (Å²) < 4.78 is 0. The maximum atomic E-state index is 11.9. The second-order valence-electron chi connectivity index (χ2n) is 4.18. The lowest BCUT2D eigenvalue weighted by molar-refractivity contribution is -0.384. The molecule has 2 N–H and O–H groups in total. The Bertz CT molecular complexity index is 464. The number of likely N-dealkylation sites (N-methyl/N-ethyl adjacent to an activating group) is 1. The summed E-state index contributed by atoms with van der Waals surface area (Å²) in [6.07, 6.45) is 0. The average molecular weight is 267 g/mol. The van der Waals surface area contributed by atoms with Gasteiger partial charge in [-0.3, -0.25) is 19.8 Å². The van der Waals surface area contributed by atoms with Crippen molar-refractivity contribution in [2.45, 2.75) is 13.0 Å². The van der Waals surface area contributed by atoms with E-state index in [-0.39, 0.29) is 18.2 Å². The largest absolute Gasteiger partial charge is 0.395 e. The Morgan fingerprint density at radius 1 is 1.58 bits per heavy atom. The van der Waals surface area contributed by atoms with Crippen LogP contribution in [0.1, 0.15) is 6.92 Å². The first-order chi connectivity index (χ1) is 8.95. The van der Waals surface area contributed by atoms with E-state index in [2.05, 4.69) is 5.32 Å². The summed E-state index contributed by atoms with van der Waals surface area (Å²) in [6, 6.07) is 5.32. The van der Waals surface area contributed by atoms with Gasteiger partial charge in [-0.2, -0.15) is 0 Å². The smallest absolute Gasteiger partial charge is 0.271 e. The predicted octanol–water partition coefficient (Wildman–Crippen LogP) is 0.846. The standard InChI is InChI=1S/C12H17N3O4/c1-9(14(2)6-7-16)12(17)13-10-4-3-5-11(8-10)15(18)19/h3-5,8-9,16H,6-7H2,1-2H3,(H,13,17). The van der Waals surface area contributed by atoms with Gasteiger partial charge in [-0.15, -0.1) is 0 Å². The predicted molar refractivity (Wildman–Crippen MR) is 70.9 cm³/mol. The molecule has 1 amide bonds. The van der Waals surface area contributed by atoms with Gasteiger partial charge in [0, 0.05) is 24.4 Å². The van der Waals surface area contributed by atoms with Crippen molar-refractivity contribution >= 4 is 17.3 Å². The van der Waals surface area contributed by atoms with E-state index >= 15 is 0 Å². The first-order valence-electron chi connectivity index (χ1n) is 5.82. The van der Waals surface area contributed by atoms with Crippen LogP contribution in [0, 0.1) is 10.1 Å². The van der Waals surface area contributed by atoms with Gasteiger partial charge >= 0.3 is 0 Å². The van der Waals surface area contributed by atoms with Crippen molar-refractivity contribution in [1.82, 2.24) is 4.90 Å². The minimum absolute atomic E-state index is 0.0368. The van der Waals surface area contributed by atoms with Crippen molar-refractivity contribution in [3.8, 4) is 0 Å². The van der Waals surface area contributed by atoms with E-state index in [4.69, 9.17) is 5.11 Å². The summed E-state index contributed by atoms with van der Waals surface area (Å²) in [6.45, 7) is 2.04. The van der Waals surface area contributed by atoms with Crippen LogP contribution in [0.4, 0.5) is 11.4 Å². The zero-order valence-electron chi connectivity index (χ0n) is 10.9. The van der Waals surface area contributed by atoms with Gasteiger partial charge < -0.3 is 10.4 Å². The molecule has 1 aromatic carbocycles. The molecule has 7 nitrogen and oxygen atoms in total. The topological polar surface area (TPSA) is 95.7 Å². The number of amides is 1. The van der Waals surface area contributed by atoms with Crippen LogP contribution in [0.15, 0.2) is 24.3 Å². The number of nitro groups is 1. The fraction of sp³-hybridized carbons (Fsp3) is 0.417. The number of rotatable bonds is 6. The molecule has 0 radical (unpaired) electrons.